The molecule has 27 heavy (non-hydrogen) atoms. The number of carbonyl (C=O) groups is 3. The maximum absolute atomic E-state index is 12.6. The summed E-state index contributed by atoms with van der Waals surface area (Å²) in [4.78, 5) is 36.9. The molecule has 2 amide bonds. The summed E-state index contributed by atoms with van der Waals surface area (Å²) in [5.41, 5.74) is 1.06. The van der Waals surface area contributed by atoms with Crippen molar-refractivity contribution in [3.63, 3.8) is 0 Å². The highest BCUT2D eigenvalue weighted by molar-refractivity contribution is 9.10. The Morgan fingerprint density at radius 1 is 1.26 bits per heavy atom. The first-order valence-corrected chi connectivity index (χ1v) is 9.52. The number of para-hydroxylation sites is 1. The average molecular weight is 469 g/mol. The third-order valence-electron chi connectivity index (χ3n) is 3.47. The van der Waals surface area contributed by atoms with Crippen molar-refractivity contribution in [1.82, 2.24) is 0 Å². The van der Waals surface area contributed by atoms with E-state index in [2.05, 4.69) is 15.9 Å². The molecule has 0 bridgehead atoms. The van der Waals surface area contributed by atoms with Crippen LogP contribution in [0, 0.1) is 0 Å². The first kappa shape index (κ1) is 19.5. The van der Waals surface area contributed by atoms with Crippen molar-refractivity contribution in [2.75, 3.05) is 11.5 Å². The van der Waals surface area contributed by atoms with E-state index in [0.29, 0.717) is 15.7 Å². The number of amides is 2. The molecular weight excluding hydrogens is 458 g/mol. The van der Waals surface area contributed by atoms with E-state index in [4.69, 9.17) is 21.4 Å². The molecule has 6 nitrogen and oxygen atoms in total. The van der Waals surface area contributed by atoms with Crippen LogP contribution in [-0.4, -0.2) is 28.8 Å². The maximum Gasteiger partial charge on any atom is 0.341 e. The second kappa shape index (κ2) is 8.16. The van der Waals surface area contributed by atoms with Crippen LogP contribution in [0.3, 0.4) is 0 Å². The number of rotatable bonds is 5. The number of halogens is 2. The van der Waals surface area contributed by atoms with Crippen molar-refractivity contribution >= 4 is 68.2 Å². The normalized spacial score (nSPS) is 15.5. The average Bonchev–Trinajstić information content (AvgIpc) is 2.88. The summed E-state index contributed by atoms with van der Waals surface area (Å²) in [5, 5.41) is 8.50. The molecule has 0 spiro atoms. The van der Waals surface area contributed by atoms with Gasteiger partial charge in [0.05, 0.1) is 20.1 Å². The van der Waals surface area contributed by atoms with Crippen LogP contribution >= 0.6 is 39.3 Å². The SMILES string of the molecule is O=C(O)COc1c(Cl)cc(/C=C2/SC(=O)N(c3ccccc3)C2=O)cc1Br. The zero-order chi connectivity index (χ0) is 19.6. The lowest BCUT2D eigenvalue weighted by molar-refractivity contribution is -0.139. The predicted octanol–water partition coefficient (Wildman–Crippen LogP) is 4.81. The van der Waals surface area contributed by atoms with Crippen LogP contribution < -0.4 is 9.64 Å². The fourth-order valence-corrected chi connectivity index (χ4v) is 4.18. The van der Waals surface area contributed by atoms with Gasteiger partial charge in [0.1, 0.15) is 0 Å². The Kier molecular flexibility index (Phi) is 5.88. The predicted molar refractivity (Wildman–Crippen MR) is 107 cm³/mol. The quantitative estimate of drug-likeness (QED) is 0.634. The van der Waals surface area contributed by atoms with Gasteiger partial charge in [0.15, 0.2) is 12.4 Å². The number of benzene rings is 2. The minimum absolute atomic E-state index is 0.180. The summed E-state index contributed by atoms with van der Waals surface area (Å²) in [7, 11) is 0. The van der Waals surface area contributed by atoms with E-state index in [0.717, 1.165) is 16.7 Å². The smallest absolute Gasteiger partial charge is 0.341 e. The summed E-state index contributed by atoms with van der Waals surface area (Å²) < 4.78 is 5.57. The summed E-state index contributed by atoms with van der Waals surface area (Å²) in [6, 6.07) is 11.8. The van der Waals surface area contributed by atoms with E-state index < -0.39 is 18.5 Å². The highest BCUT2D eigenvalue weighted by Crippen LogP contribution is 2.38. The first-order valence-electron chi connectivity index (χ1n) is 7.53. The number of anilines is 1. The molecule has 1 aliphatic heterocycles. The molecule has 1 N–H and O–H groups in total. The van der Waals surface area contributed by atoms with Crippen LogP contribution in [0.5, 0.6) is 5.75 Å². The molecule has 1 heterocycles. The molecule has 1 fully saturated rings. The molecule has 0 saturated carbocycles. The zero-order valence-electron chi connectivity index (χ0n) is 13.5. The van der Waals surface area contributed by atoms with E-state index in [-0.39, 0.29) is 20.9 Å². The van der Waals surface area contributed by atoms with Gasteiger partial charge in [-0.25, -0.2) is 9.69 Å². The molecular formula is C18H11BrClNO5S. The third-order valence-corrected chi connectivity index (χ3v) is 5.21. The Bertz CT molecular complexity index is 940. The molecule has 2 aromatic rings. The van der Waals surface area contributed by atoms with Crippen molar-refractivity contribution in [3.8, 4) is 5.75 Å². The Labute approximate surface area is 171 Å². The lowest BCUT2D eigenvalue weighted by Crippen LogP contribution is -2.27. The number of carbonyl (C=O) groups excluding carboxylic acids is 2. The molecule has 3 rings (SSSR count). The van der Waals surface area contributed by atoms with E-state index in [9.17, 15) is 14.4 Å². The summed E-state index contributed by atoms with van der Waals surface area (Å²) in [5.74, 6) is -1.36. The number of imide groups is 1. The second-order valence-corrected chi connectivity index (χ2v) is 7.60. The number of aliphatic carboxylic acids is 1. The fourth-order valence-electron chi connectivity index (χ4n) is 2.35. The molecule has 9 heteroatoms. The molecule has 0 atom stereocenters. The second-order valence-electron chi connectivity index (χ2n) is 5.35. The highest BCUT2D eigenvalue weighted by Gasteiger charge is 2.36. The molecule has 0 aliphatic carbocycles. The summed E-state index contributed by atoms with van der Waals surface area (Å²) >= 11 is 10.3. The van der Waals surface area contributed by atoms with Gasteiger partial charge in [0, 0.05) is 0 Å². The van der Waals surface area contributed by atoms with Crippen molar-refractivity contribution in [1.29, 1.82) is 0 Å². The fraction of sp³-hybridized carbons (Fsp3) is 0.0556. The van der Waals surface area contributed by atoms with Gasteiger partial charge < -0.3 is 9.84 Å². The highest BCUT2D eigenvalue weighted by atomic mass is 79.9. The lowest BCUT2D eigenvalue weighted by Gasteiger charge is -2.11. The van der Waals surface area contributed by atoms with Crippen LogP contribution in [0.1, 0.15) is 5.56 Å². The minimum Gasteiger partial charge on any atom is -0.479 e. The number of carboxylic acid groups (broad SMARTS) is 1. The molecule has 1 saturated heterocycles. The van der Waals surface area contributed by atoms with Crippen LogP contribution in [0.2, 0.25) is 5.02 Å². The number of nitrogens with zero attached hydrogens (tertiary/aromatic N) is 1. The van der Waals surface area contributed by atoms with Gasteiger partial charge in [-0.2, -0.15) is 0 Å². The first-order chi connectivity index (χ1) is 12.9. The Balaban J connectivity index is 1.88. The minimum atomic E-state index is -1.13. The van der Waals surface area contributed by atoms with Gasteiger partial charge in [0.25, 0.3) is 11.1 Å². The topological polar surface area (TPSA) is 83.9 Å². The van der Waals surface area contributed by atoms with Gasteiger partial charge in [-0.1, -0.05) is 29.8 Å². The third kappa shape index (κ3) is 4.35. The summed E-state index contributed by atoms with van der Waals surface area (Å²) in [6.07, 6.45) is 1.55. The van der Waals surface area contributed by atoms with Crippen LogP contribution in [-0.2, 0) is 9.59 Å². The Hall–Kier alpha value is -2.29. The number of thioether (sulfide) groups is 1. The van der Waals surface area contributed by atoms with E-state index in [1.165, 1.54) is 6.07 Å². The van der Waals surface area contributed by atoms with Gasteiger partial charge in [-0.3, -0.25) is 9.59 Å². The summed E-state index contributed by atoms with van der Waals surface area (Å²) in [6.45, 7) is -0.534. The van der Waals surface area contributed by atoms with E-state index >= 15 is 0 Å². The lowest BCUT2D eigenvalue weighted by atomic mass is 10.2. The molecule has 138 valence electrons. The van der Waals surface area contributed by atoms with Crippen LogP contribution in [0.25, 0.3) is 6.08 Å². The monoisotopic (exact) mass is 467 g/mol. The maximum atomic E-state index is 12.6. The number of ether oxygens (including phenoxy) is 1. The van der Waals surface area contributed by atoms with E-state index in [1.807, 2.05) is 0 Å². The molecule has 0 radical (unpaired) electrons. The van der Waals surface area contributed by atoms with Gasteiger partial charge >= 0.3 is 5.97 Å². The standard InChI is InChI=1S/C18H11BrClNO5S/c19-12-6-10(7-13(20)16(12)26-9-15(22)23)8-14-17(24)21(18(25)27-14)11-4-2-1-3-5-11/h1-8H,9H2,(H,22,23)/b14-8+. The number of hydrogen-bond donors (Lipinski definition) is 1. The molecule has 2 aromatic carbocycles. The number of carboxylic acids is 1. The Morgan fingerprint density at radius 3 is 2.59 bits per heavy atom. The Morgan fingerprint density at radius 2 is 1.96 bits per heavy atom. The van der Waals surface area contributed by atoms with Crippen LogP contribution in [0.15, 0.2) is 51.8 Å². The molecule has 0 unspecified atom stereocenters. The number of hydrogen-bond acceptors (Lipinski definition) is 5. The van der Waals surface area contributed by atoms with Crippen molar-refractivity contribution < 1.29 is 24.2 Å². The van der Waals surface area contributed by atoms with Gasteiger partial charge in [-0.05, 0) is 63.6 Å². The van der Waals surface area contributed by atoms with Gasteiger partial charge in [0.2, 0.25) is 0 Å². The zero-order valence-corrected chi connectivity index (χ0v) is 16.7. The largest absolute Gasteiger partial charge is 0.479 e. The molecule has 0 aromatic heterocycles. The van der Waals surface area contributed by atoms with E-state index in [1.54, 1.807) is 42.5 Å². The van der Waals surface area contributed by atoms with Crippen LogP contribution in [0.4, 0.5) is 10.5 Å². The van der Waals surface area contributed by atoms with Crippen molar-refractivity contribution in [3.05, 3.63) is 62.4 Å². The van der Waals surface area contributed by atoms with Crippen molar-refractivity contribution in [2.45, 2.75) is 0 Å². The van der Waals surface area contributed by atoms with Gasteiger partial charge in [-0.15, -0.1) is 0 Å². The molecule has 1 aliphatic rings. The van der Waals surface area contributed by atoms with Crippen molar-refractivity contribution in [2.24, 2.45) is 0 Å².